The number of hydrogen-bond donors (Lipinski definition) is 1. The van der Waals surface area contributed by atoms with Gasteiger partial charge < -0.3 is 14.6 Å². The molecule has 5 heteroatoms. The molecule has 0 unspecified atom stereocenters. The maximum Gasteiger partial charge on any atom is 0.406 e. The van der Waals surface area contributed by atoms with Crippen LogP contribution in [0.2, 0.25) is 0 Å². The SMILES string of the molecule is COC(=O)NCCc1cnc(C(C)(C)C)n1Cc1ccccc1. The van der Waals surface area contributed by atoms with Crippen LogP contribution >= 0.6 is 0 Å². The molecular weight excluding hydrogens is 290 g/mol. The second-order valence-electron chi connectivity index (χ2n) is 6.56. The molecule has 0 fully saturated rings. The minimum Gasteiger partial charge on any atom is -0.453 e. The van der Waals surface area contributed by atoms with E-state index in [0.29, 0.717) is 13.0 Å². The number of amides is 1. The van der Waals surface area contributed by atoms with Crippen molar-refractivity contribution in [3.05, 3.63) is 53.6 Å². The quantitative estimate of drug-likeness (QED) is 0.922. The molecule has 0 aliphatic heterocycles. The molecule has 2 rings (SSSR count). The number of carbonyl (C=O) groups is 1. The normalized spacial score (nSPS) is 11.3. The lowest BCUT2D eigenvalue weighted by Gasteiger charge is -2.21. The summed E-state index contributed by atoms with van der Waals surface area (Å²) in [5.41, 5.74) is 2.30. The molecule has 0 bridgehead atoms. The van der Waals surface area contributed by atoms with Crippen molar-refractivity contribution in [1.82, 2.24) is 14.9 Å². The summed E-state index contributed by atoms with van der Waals surface area (Å²) < 4.78 is 6.85. The van der Waals surface area contributed by atoms with Crippen molar-refractivity contribution in [2.45, 2.75) is 39.2 Å². The van der Waals surface area contributed by atoms with E-state index >= 15 is 0 Å². The third kappa shape index (κ3) is 4.58. The standard InChI is InChI=1S/C18H25N3O2/c1-18(2,3)16-20-12-15(10-11-19-17(22)23-4)21(16)13-14-8-6-5-7-9-14/h5-9,12H,10-11,13H2,1-4H3,(H,19,22). The largest absolute Gasteiger partial charge is 0.453 e. The minimum absolute atomic E-state index is 0.0389. The zero-order chi connectivity index (χ0) is 16.9. The van der Waals surface area contributed by atoms with Crippen LogP contribution in [0.3, 0.4) is 0 Å². The van der Waals surface area contributed by atoms with Gasteiger partial charge in [0.25, 0.3) is 0 Å². The Balaban J connectivity index is 2.21. The van der Waals surface area contributed by atoms with E-state index in [1.54, 1.807) is 0 Å². The highest BCUT2D eigenvalue weighted by Gasteiger charge is 2.22. The van der Waals surface area contributed by atoms with Crippen molar-refractivity contribution in [2.75, 3.05) is 13.7 Å². The monoisotopic (exact) mass is 315 g/mol. The number of rotatable bonds is 5. The molecule has 1 heterocycles. The third-order valence-corrected chi connectivity index (χ3v) is 3.63. The van der Waals surface area contributed by atoms with Crippen LogP contribution in [0.25, 0.3) is 0 Å². The molecule has 0 atom stereocenters. The van der Waals surface area contributed by atoms with Gasteiger partial charge in [0, 0.05) is 36.8 Å². The van der Waals surface area contributed by atoms with Crippen LogP contribution in [0, 0.1) is 0 Å². The van der Waals surface area contributed by atoms with Crippen molar-refractivity contribution in [2.24, 2.45) is 0 Å². The highest BCUT2D eigenvalue weighted by Crippen LogP contribution is 2.23. The van der Waals surface area contributed by atoms with E-state index in [0.717, 1.165) is 18.1 Å². The Morgan fingerprint density at radius 2 is 1.96 bits per heavy atom. The van der Waals surface area contributed by atoms with E-state index in [4.69, 9.17) is 0 Å². The maximum absolute atomic E-state index is 11.2. The van der Waals surface area contributed by atoms with Crippen LogP contribution in [-0.2, 0) is 23.1 Å². The van der Waals surface area contributed by atoms with E-state index in [2.05, 4.69) is 52.5 Å². The number of ether oxygens (including phenoxy) is 1. The summed E-state index contributed by atoms with van der Waals surface area (Å²) in [6.07, 6.45) is 2.21. The minimum atomic E-state index is -0.407. The first-order chi connectivity index (χ1) is 10.9. The van der Waals surface area contributed by atoms with Crippen LogP contribution in [0.1, 0.15) is 37.9 Å². The van der Waals surface area contributed by atoms with Crippen LogP contribution in [0.15, 0.2) is 36.5 Å². The van der Waals surface area contributed by atoms with Gasteiger partial charge in [0.15, 0.2) is 0 Å². The van der Waals surface area contributed by atoms with Crippen LogP contribution in [0.5, 0.6) is 0 Å². The molecule has 0 aliphatic rings. The Morgan fingerprint density at radius 1 is 1.26 bits per heavy atom. The molecule has 5 nitrogen and oxygen atoms in total. The highest BCUT2D eigenvalue weighted by molar-refractivity contribution is 5.66. The molecule has 0 saturated carbocycles. The lowest BCUT2D eigenvalue weighted by Crippen LogP contribution is -2.26. The van der Waals surface area contributed by atoms with Gasteiger partial charge in [0.1, 0.15) is 5.82 Å². The number of methoxy groups -OCH3 is 1. The van der Waals surface area contributed by atoms with Gasteiger partial charge >= 0.3 is 6.09 Å². The fourth-order valence-corrected chi connectivity index (χ4v) is 2.52. The molecule has 0 radical (unpaired) electrons. The van der Waals surface area contributed by atoms with Gasteiger partial charge in [0.2, 0.25) is 0 Å². The zero-order valence-corrected chi connectivity index (χ0v) is 14.3. The Bertz CT molecular complexity index is 642. The van der Waals surface area contributed by atoms with E-state index < -0.39 is 6.09 Å². The topological polar surface area (TPSA) is 56.1 Å². The number of benzene rings is 1. The molecule has 1 aromatic carbocycles. The Morgan fingerprint density at radius 3 is 2.57 bits per heavy atom. The predicted molar refractivity (Wildman–Crippen MR) is 90.6 cm³/mol. The van der Waals surface area contributed by atoms with E-state index in [1.807, 2.05) is 24.4 Å². The van der Waals surface area contributed by atoms with E-state index in [1.165, 1.54) is 12.7 Å². The van der Waals surface area contributed by atoms with Crippen molar-refractivity contribution >= 4 is 6.09 Å². The van der Waals surface area contributed by atoms with Gasteiger partial charge in [-0.05, 0) is 5.56 Å². The molecule has 2 aromatic rings. The average Bonchev–Trinajstić information content (AvgIpc) is 2.91. The molecule has 0 saturated heterocycles. The lowest BCUT2D eigenvalue weighted by molar-refractivity contribution is 0.171. The number of carbonyl (C=O) groups excluding carboxylic acids is 1. The van der Waals surface area contributed by atoms with Gasteiger partial charge in [-0.1, -0.05) is 51.1 Å². The molecular formula is C18H25N3O2. The van der Waals surface area contributed by atoms with Crippen LogP contribution in [-0.4, -0.2) is 29.3 Å². The Hall–Kier alpha value is -2.30. The second-order valence-corrected chi connectivity index (χ2v) is 6.56. The number of alkyl carbamates (subject to hydrolysis) is 1. The summed E-state index contributed by atoms with van der Waals surface area (Å²) in [7, 11) is 1.37. The van der Waals surface area contributed by atoms with Gasteiger partial charge in [-0.2, -0.15) is 0 Å². The molecule has 0 spiro atoms. The Kier molecular flexibility index (Phi) is 5.42. The summed E-state index contributed by atoms with van der Waals surface area (Å²) in [6.45, 7) is 7.78. The van der Waals surface area contributed by atoms with Gasteiger partial charge in [-0.3, -0.25) is 0 Å². The van der Waals surface area contributed by atoms with Gasteiger partial charge in [0.05, 0.1) is 7.11 Å². The highest BCUT2D eigenvalue weighted by atomic mass is 16.5. The van der Waals surface area contributed by atoms with E-state index in [-0.39, 0.29) is 5.41 Å². The summed E-state index contributed by atoms with van der Waals surface area (Å²) in [4.78, 5) is 15.8. The summed E-state index contributed by atoms with van der Waals surface area (Å²) in [5.74, 6) is 1.05. The van der Waals surface area contributed by atoms with E-state index in [9.17, 15) is 4.79 Å². The average molecular weight is 315 g/mol. The van der Waals surface area contributed by atoms with Crippen LogP contribution < -0.4 is 5.32 Å². The number of nitrogens with zero attached hydrogens (tertiary/aromatic N) is 2. The third-order valence-electron chi connectivity index (χ3n) is 3.63. The molecule has 1 aromatic heterocycles. The smallest absolute Gasteiger partial charge is 0.406 e. The van der Waals surface area contributed by atoms with Crippen molar-refractivity contribution in [3.8, 4) is 0 Å². The predicted octanol–water partition coefficient (Wildman–Crippen LogP) is 3.13. The summed E-state index contributed by atoms with van der Waals surface area (Å²) in [6, 6.07) is 10.3. The summed E-state index contributed by atoms with van der Waals surface area (Å²) >= 11 is 0. The fraction of sp³-hybridized carbons (Fsp3) is 0.444. The second kappa shape index (κ2) is 7.31. The first kappa shape index (κ1) is 17.1. The molecule has 1 N–H and O–H groups in total. The molecule has 1 amide bonds. The zero-order valence-electron chi connectivity index (χ0n) is 14.3. The molecule has 124 valence electrons. The number of hydrogen-bond acceptors (Lipinski definition) is 3. The van der Waals surface area contributed by atoms with Gasteiger partial charge in [-0.15, -0.1) is 0 Å². The summed E-state index contributed by atoms with van der Waals surface area (Å²) in [5, 5.41) is 2.72. The number of imidazole rings is 1. The maximum atomic E-state index is 11.2. The molecule has 0 aliphatic carbocycles. The first-order valence-corrected chi connectivity index (χ1v) is 7.82. The lowest BCUT2D eigenvalue weighted by atomic mass is 9.95. The number of nitrogens with one attached hydrogen (secondary N) is 1. The van der Waals surface area contributed by atoms with Crippen molar-refractivity contribution in [3.63, 3.8) is 0 Å². The van der Waals surface area contributed by atoms with Crippen LogP contribution in [0.4, 0.5) is 4.79 Å². The van der Waals surface area contributed by atoms with Crippen molar-refractivity contribution < 1.29 is 9.53 Å². The first-order valence-electron chi connectivity index (χ1n) is 7.82. The van der Waals surface area contributed by atoms with Gasteiger partial charge in [-0.25, -0.2) is 9.78 Å². The molecule has 23 heavy (non-hydrogen) atoms. The van der Waals surface area contributed by atoms with Crippen molar-refractivity contribution in [1.29, 1.82) is 0 Å². The fourth-order valence-electron chi connectivity index (χ4n) is 2.52. The Labute approximate surface area is 137 Å². The number of aromatic nitrogens is 2.